The Kier molecular flexibility index (Phi) is 9.28. The number of likely N-dealkylation sites (tertiary alicyclic amines) is 2. The summed E-state index contributed by atoms with van der Waals surface area (Å²) < 4.78 is 0. The monoisotopic (exact) mass is 666 g/mol. The lowest BCUT2D eigenvalue weighted by atomic mass is 9.90. The van der Waals surface area contributed by atoms with Crippen LogP contribution in [0.5, 0.6) is 0 Å². The van der Waals surface area contributed by atoms with Gasteiger partial charge in [-0.25, -0.2) is 19.6 Å². The van der Waals surface area contributed by atoms with E-state index in [1.54, 1.807) is 0 Å². The van der Waals surface area contributed by atoms with Gasteiger partial charge in [0.05, 0.1) is 35.9 Å². The smallest absolute Gasteiger partial charge is 0.123 e. The molecule has 2 aromatic carbocycles. The first kappa shape index (κ1) is 32.9. The molecule has 4 aliphatic rings. The molecule has 4 heterocycles. The Labute approximate surface area is 295 Å². The highest BCUT2D eigenvalue weighted by molar-refractivity contribution is 5.77. The number of nitrogens with zero attached hydrogens (tertiary/aromatic N) is 4. The van der Waals surface area contributed by atoms with Crippen LogP contribution in [0.4, 0.5) is 0 Å². The van der Waals surface area contributed by atoms with Crippen molar-refractivity contribution >= 4 is 11.9 Å². The number of nitrogens with one attached hydrogen (secondary N) is 2. The molecule has 2 N–H and O–H groups in total. The van der Waals surface area contributed by atoms with E-state index in [1.165, 1.54) is 27.8 Å². The average molecular weight is 667 g/mol. The van der Waals surface area contributed by atoms with E-state index >= 15 is 0 Å². The van der Waals surface area contributed by atoms with E-state index in [0.29, 0.717) is 12.1 Å². The molecule has 2 aliphatic heterocycles. The fourth-order valence-electron chi connectivity index (χ4n) is 9.10. The Morgan fingerprint density at radius 1 is 0.640 bits per heavy atom. The molecule has 8 heteroatoms. The average Bonchev–Trinajstić information content (AvgIpc) is 3.99. The summed E-state index contributed by atoms with van der Waals surface area (Å²) in [5, 5.41) is 0. The van der Waals surface area contributed by atoms with E-state index in [2.05, 4.69) is 81.9 Å². The molecule has 2 aliphatic carbocycles. The first-order valence-corrected chi connectivity index (χ1v) is 18.5. The minimum Gasteiger partial charge on any atom is -0.341 e. The highest BCUT2D eigenvalue weighted by atomic mass is 16.1. The summed E-state index contributed by atoms with van der Waals surface area (Å²) in [6.45, 7) is 6.51. The molecule has 2 radical (unpaired) electrons. The number of aromatic amines is 2. The maximum atomic E-state index is 11.3. The number of imidazole rings is 2. The van der Waals surface area contributed by atoms with E-state index < -0.39 is 0 Å². The van der Waals surface area contributed by atoms with Gasteiger partial charge in [-0.15, -0.1) is 0 Å². The van der Waals surface area contributed by atoms with Crippen molar-refractivity contribution in [3.8, 4) is 33.6 Å². The van der Waals surface area contributed by atoms with Crippen molar-refractivity contribution in [1.82, 2.24) is 29.7 Å². The second-order valence-corrected chi connectivity index (χ2v) is 14.7. The van der Waals surface area contributed by atoms with Gasteiger partial charge in [-0.1, -0.05) is 36.4 Å². The Bertz CT molecular complexity index is 1960. The fourth-order valence-corrected chi connectivity index (χ4v) is 9.10. The minimum absolute atomic E-state index is 0.256. The molecule has 0 bridgehead atoms. The van der Waals surface area contributed by atoms with Crippen LogP contribution in [0, 0.1) is 26.7 Å². The van der Waals surface area contributed by atoms with E-state index in [4.69, 9.17) is 9.97 Å². The molecule has 8 nitrogen and oxygen atoms in total. The summed E-state index contributed by atoms with van der Waals surface area (Å²) in [6.07, 6.45) is 18.2. The topological polar surface area (TPSA) is 98.0 Å². The van der Waals surface area contributed by atoms with E-state index in [0.717, 1.165) is 117 Å². The summed E-state index contributed by atoms with van der Waals surface area (Å²) in [5.41, 5.74) is 11.0. The summed E-state index contributed by atoms with van der Waals surface area (Å²) in [4.78, 5) is 44.9. The third-order valence-electron chi connectivity index (χ3n) is 11.9. The summed E-state index contributed by atoms with van der Waals surface area (Å²) in [7, 11) is 0. The fraction of sp³-hybridized carbons (Fsp3) is 0.429. The van der Waals surface area contributed by atoms with Crippen LogP contribution in [-0.4, -0.2) is 66.8 Å². The van der Waals surface area contributed by atoms with Gasteiger partial charge in [0.1, 0.15) is 23.5 Å². The zero-order valence-corrected chi connectivity index (χ0v) is 29.2. The van der Waals surface area contributed by atoms with E-state index in [1.807, 2.05) is 25.2 Å². The molecular formula is C42H46N6O2. The van der Waals surface area contributed by atoms with Crippen LogP contribution in [0.25, 0.3) is 33.6 Å². The molecule has 8 rings (SSSR count). The van der Waals surface area contributed by atoms with Crippen molar-refractivity contribution in [3.63, 3.8) is 0 Å². The van der Waals surface area contributed by atoms with Crippen molar-refractivity contribution in [2.24, 2.45) is 0 Å². The van der Waals surface area contributed by atoms with Crippen LogP contribution >= 0.6 is 0 Å². The van der Waals surface area contributed by atoms with Gasteiger partial charge >= 0.3 is 0 Å². The molecule has 2 saturated carbocycles. The summed E-state index contributed by atoms with van der Waals surface area (Å²) >= 11 is 0. The van der Waals surface area contributed by atoms with Crippen LogP contribution in [0.15, 0.2) is 59.9 Å². The number of benzene rings is 2. The van der Waals surface area contributed by atoms with Crippen molar-refractivity contribution < 1.29 is 9.59 Å². The quantitative estimate of drug-likeness (QED) is 0.194. The predicted molar refractivity (Wildman–Crippen MR) is 196 cm³/mol. The number of carbonyl (C=O) groups excluding carboxylic acids is 2. The maximum absolute atomic E-state index is 11.3. The molecule has 0 spiro atoms. The molecule has 4 aromatic rings. The van der Waals surface area contributed by atoms with Crippen molar-refractivity contribution in [2.75, 3.05) is 13.1 Å². The Morgan fingerprint density at radius 2 is 1.14 bits per heavy atom. The molecule has 4 fully saturated rings. The normalized spacial score (nSPS) is 24.8. The number of aromatic nitrogens is 4. The highest BCUT2D eigenvalue weighted by Gasteiger charge is 2.36. The van der Waals surface area contributed by atoms with Gasteiger partial charge in [0.25, 0.3) is 0 Å². The van der Waals surface area contributed by atoms with Crippen LogP contribution in [0.1, 0.15) is 99.1 Å². The van der Waals surface area contributed by atoms with Crippen LogP contribution in [0.2, 0.25) is 0 Å². The number of hydrogen-bond donors (Lipinski definition) is 2. The van der Waals surface area contributed by atoms with E-state index in [9.17, 15) is 9.59 Å². The third-order valence-corrected chi connectivity index (χ3v) is 11.9. The Balaban J connectivity index is 0.968. The SMILES string of the molecule is Cc1c(-c2ccc(-c3cnc([C@@H]4CCCN4C4CC[CH]C(=C=O)C4)[nH]3)cc2)ccc(-c2cnc([C@@H]3CCCN3C3CC[CH]C(=C=O)C3)[nH]2)c1C. The van der Waals surface area contributed by atoms with Crippen LogP contribution in [-0.2, 0) is 9.59 Å². The molecule has 0 amide bonds. The van der Waals surface area contributed by atoms with Crippen molar-refractivity contribution in [3.05, 3.63) is 95.6 Å². The van der Waals surface area contributed by atoms with Gasteiger partial charge in [-0.05, 0) is 132 Å². The van der Waals surface area contributed by atoms with Crippen LogP contribution < -0.4 is 0 Å². The highest BCUT2D eigenvalue weighted by Crippen LogP contribution is 2.40. The first-order valence-electron chi connectivity index (χ1n) is 18.5. The maximum Gasteiger partial charge on any atom is 0.123 e. The predicted octanol–water partition coefficient (Wildman–Crippen LogP) is 8.05. The summed E-state index contributed by atoms with van der Waals surface area (Å²) in [6, 6.07) is 14.5. The largest absolute Gasteiger partial charge is 0.341 e. The van der Waals surface area contributed by atoms with Crippen molar-refractivity contribution in [2.45, 2.75) is 102 Å². The van der Waals surface area contributed by atoms with Gasteiger partial charge in [-0.2, -0.15) is 0 Å². The zero-order valence-electron chi connectivity index (χ0n) is 29.2. The van der Waals surface area contributed by atoms with Crippen molar-refractivity contribution in [1.29, 1.82) is 0 Å². The lowest BCUT2D eigenvalue weighted by Gasteiger charge is -2.34. The summed E-state index contributed by atoms with van der Waals surface area (Å²) in [5.74, 6) is 6.34. The zero-order chi connectivity index (χ0) is 34.2. The van der Waals surface area contributed by atoms with E-state index in [-0.39, 0.29) is 12.1 Å². The lowest BCUT2D eigenvalue weighted by Crippen LogP contribution is -2.37. The second kappa shape index (κ2) is 14.1. The molecule has 256 valence electrons. The molecular weight excluding hydrogens is 621 g/mol. The van der Waals surface area contributed by atoms with Gasteiger partial charge < -0.3 is 9.97 Å². The molecule has 2 saturated heterocycles. The minimum atomic E-state index is 0.256. The van der Waals surface area contributed by atoms with Gasteiger partial charge in [0.15, 0.2) is 0 Å². The number of rotatable bonds is 7. The Morgan fingerprint density at radius 3 is 1.72 bits per heavy atom. The first-order chi connectivity index (χ1) is 24.5. The van der Waals surface area contributed by atoms with Gasteiger partial charge in [-0.3, -0.25) is 9.80 Å². The third kappa shape index (κ3) is 6.27. The lowest BCUT2D eigenvalue weighted by molar-refractivity contribution is 0.159. The number of H-pyrrole nitrogens is 2. The second-order valence-electron chi connectivity index (χ2n) is 14.7. The molecule has 50 heavy (non-hydrogen) atoms. The Hall–Kier alpha value is -4.32. The van der Waals surface area contributed by atoms with Gasteiger partial charge in [0, 0.05) is 28.8 Å². The molecule has 4 atom stereocenters. The molecule has 2 unspecified atom stereocenters. The van der Waals surface area contributed by atoms with Crippen LogP contribution in [0.3, 0.4) is 0 Å². The van der Waals surface area contributed by atoms with Gasteiger partial charge in [0.2, 0.25) is 0 Å². The number of hydrogen-bond acceptors (Lipinski definition) is 6. The molecule has 2 aromatic heterocycles. The standard InChI is InChI=1S/C42H46N6O2/c1-27-28(2)36(38-24-44-42(46-38)40-12-6-20-48(40)34-10-4-8-30(22-34)26-50)18-17-35(27)31-13-15-32(16-14-31)37-23-43-41(45-37)39-11-5-19-47(39)33-9-3-7-29(21-33)25-49/h7-8,13-18,23-24,33-34,39-40H,3-6,9-12,19-22H2,1-2H3,(H,43,45)(H,44,46)/t33?,34?,39-,40-/m0/s1.